The molecule has 1 heterocycles. The molecule has 1 aromatic carbocycles. The van der Waals surface area contributed by atoms with Crippen LogP contribution in [-0.2, 0) is 0 Å². The molecule has 0 atom stereocenters. The van der Waals surface area contributed by atoms with Crippen LogP contribution in [0.15, 0.2) is 18.2 Å². The Morgan fingerprint density at radius 1 is 1.20 bits per heavy atom. The monoisotopic (exact) mass is 260 g/mol. The summed E-state index contributed by atoms with van der Waals surface area (Å²) < 4.78 is 0. The van der Waals surface area contributed by atoms with Crippen molar-refractivity contribution in [2.45, 2.75) is 0 Å². The molecule has 6 heteroatoms. The van der Waals surface area contributed by atoms with Crippen molar-refractivity contribution in [3.8, 4) is 0 Å². The lowest BCUT2D eigenvalue weighted by Gasteiger charge is -2.03. The van der Waals surface area contributed by atoms with Gasteiger partial charge in [0.15, 0.2) is 10.8 Å². The summed E-state index contributed by atoms with van der Waals surface area (Å²) in [5, 5.41) is 8.10. The van der Waals surface area contributed by atoms with Gasteiger partial charge in [0.2, 0.25) is 0 Å². The molecule has 0 unspecified atom stereocenters. The van der Waals surface area contributed by atoms with E-state index in [1.165, 1.54) is 0 Å². The molecule has 2 rings (SSSR count). The highest BCUT2D eigenvalue weighted by Crippen LogP contribution is 2.30. The normalized spacial score (nSPS) is 10.6. The second-order valence-electron chi connectivity index (χ2n) is 2.78. The minimum Gasteiger partial charge on any atom is -0.274 e. The van der Waals surface area contributed by atoms with Gasteiger partial charge >= 0.3 is 0 Å². The molecule has 0 saturated heterocycles. The van der Waals surface area contributed by atoms with E-state index in [1.807, 2.05) is 0 Å². The summed E-state index contributed by atoms with van der Waals surface area (Å²) in [5.41, 5.74) is 0.0542. The van der Waals surface area contributed by atoms with Crippen LogP contribution in [0.3, 0.4) is 0 Å². The van der Waals surface area contributed by atoms with Crippen LogP contribution in [0.1, 0.15) is 10.5 Å². The average molecular weight is 261 g/mol. The molecule has 0 fully saturated rings. The zero-order valence-corrected chi connectivity index (χ0v) is 9.44. The second kappa shape index (κ2) is 3.93. The summed E-state index contributed by atoms with van der Waals surface area (Å²) in [6, 6.07) is 5.00. The predicted molar refractivity (Wildman–Crippen MR) is 59.7 cm³/mol. The number of carbonyl (C=O) groups excluding carboxylic acids is 1. The number of aromatic nitrogens is 2. The van der Waals surface area contributed by atoms with Crippen LogP contribution in [0.2, 0.25) is 10.2 Å². The van der Waals surface area contributed by atoms with Crippen molar-refractivity contribution in [1.82, 2.24) is 10.2 Å². The van der Waals surface area contributed by atoms with E-state index in [4.69, 9.17) is 34.8 Å². The molecule has 0 spiro atoms. The van der Waals surface area contributed by atoms with Crippen LogP contribution in [-0.4, -0.2) is 15.4 Å². The van der Waals surface area contributed by atoms with E-state index < -0.39 is 5.24 Å². The molecule has 1 aromatic heterocycles. The summed E-state index contributed by atoms with van der Waals surface area (Å²) in [5.74, 6) is 0. The SMILES string of the molecule is O=C(Cl)c1nnc(Cl)c2c(Cl)cccc12. The fourth-order valence-electron chi connectivity index (χ4n) is 1.27. The topological polar surface area (TPSA) is 42.9 Å². The van der Waals surface area contributed by atoms with Crippen molar-refractivity contribution in [2.75, 3.05) is 0 Å². The molecule has 76 valence electrons. The van der Waals surface area contributed by atoms with E-state index in [2.05, 4.69) is 10.2 Å². The molecule has 0 aliphatic heterocycles. The third-order valence-corrected chi connectivity index (χ3v) is 2.66. The predicted octanol–water partition coefficient (Wildman–Crippen LogP) is 3.32. The van der Waals surface area contributed by atoms with Gasteiger partial charge in [-0.3, -0.25) is 4.79 Å². The zero-order chi connectivity index (χ0) is 11.0. The standard InChI is InChI=1S/C9H3Cl3N2O/c10-5-3-1-2-4-6(5)8(11)14-13-7(4)9(12)15/h1-3H. The lowest BCUT2D eigenvalue weighted by Crippen LogP contribution is -1.99. The zero-order valence-electron chi connectivity index (χ0n) is 7.17. The first kappa shape index (κ1) is 10.6. The van der Waals surface area contributed by atoms with Gasteiger partial charge in [-0.2, -0.15) is 0 Å². The number of hydrogen-bond donors (Lipinski definition) is 0. The number of hydrogen-bond acceptors (Lipinski definition) is 3. The number of fused-ring (bicyclic) bond motifs is 1. The maximum Gasteiger partial charge on any atom is 0.273 e. The molecule has 2 aromatic rings. The summed E-state index contributed by atoms with van der Waals surface area (Å²) in [6.45, 7) is 0. The van der Waals surface area contributed by atoms with Crippen molar-refractivity contribution in [3.63, 3.8) is 0 Å². The highest BCUT2D eigenvalue weighted by atomic mass is 35.5. The minimum atomic E-state index is -0.688. The largest absolute Gasteiger partial charge is 0.274 e. The fraction of sp³-hybridized carbons (Fsp3) is 0. The molecule has 0 N–H and O–H groups in total. The molecular formula is C9H3Cl3N2O. The van der Waals surface area contributed by atoms with Gasteiger partial charge in [0.1, 0.15) is 0 Å². The van der Waals surface area contributed by atoms with Crippen LogP contribution < -0.4 is 0 Å². The maximum atomic E-state index is 11.1. The van der Waals surface area contributed by atoms with Gasteiger partial charge in [0, 0.05) is 10.8 Å². The molecule has 0 aliphatic rings. The molecule has 15 heavy (non-hydrogen) atoms. The Labute approximate surface area is 100.0 Å². The van der Waals surface area contributed by atoms with Crippen molar-refractivity contribution < 1.29 is 4.79 Å². The summed E-state index contributed by atoms with van der Waals surface area (Å²) in [6.07, 6.45) is 0. The molecule has 0 aliphatic carbocycles. The quantitative estimate of drug-likeness (QED) is 0.740. The van der Waals surface area contributed by atoms with E-state index in [9.17, 15) is 4.79 Å². The highest BCUT2D eigenvalue weighted by Gasteiger charge is 2.14. The van der Waals surface area contributed by atoms with E-state index in [0.717, 1.165) is 0 Å². The van der Waals surface area contributed by atoms with Crippen molar-refractivity contribution in [1.29, 1.82) is 0 Å². The van der Waals surface area contributed by atoms with E-state index in [0.29, 0.717) is 15.8 Å². The number of benzene rings is 1. The highest BCUT2D eigenvalue weighted by molar-refractivity contribution is 6.68. The average Bonchev–Trinajstić information content (AvgIpc) is 2.17. The maximum absolute atomic E-state index is 11.1. The Bertz CT molecular complexity index is 548. The van der Waals surface area contributed by atoms with E-state index in [1.54, 1.807) is 18.2 Å². The smallest absolute Gasteiger partial charge is 0.273 e. The fourth-order valence-corrected chi connectivity index (χ4v) is 1.97. The first-order chi connectivity index (χ1) is 7.11. The Morgan fingerprint density at radius 2 is 1.93 bits per heavy atom. The van der Waals surface area contributed by atoms with Gasteiger partial charge < -0.3 is 0 Å². The minimum absolute atomic E-state index is 0.0542. The number of rotatable bonds is 1. The van der Waals surface area contributed by atoms with Crippen molar-refractivity contribution >= 4 is 50.8 Å². The number of carbonyl (C=O) groups is 1. The van der Waals surface area contributed by atoms with Crippen molar-refractivity contribution in [3.05, 3.63) is 34.1 Å². The van der Waals surface area contributed by atoms with Crippen LogP contribution in [0.4, 0.5) is 0 Å². The van der Waals surface area contributed by atoms with Gasteiger partial charge in [-0.25, -0.2) is 0 Å². The molecule has 0 radical (unpaired) electrons. The third-order valence-electron chi connectivity index (χ3n) is 1.90. The third kappa shape index (κ3) is 1.78. The van der Waals surface area contributed by atoms with Gasteiger partial charge in [0.05, 0.1) is 5.02 Å². The Balaban J connectivity index is 2.95. The molecule has 0 bridgehead atoms. The van der Waals surface area contributed by atoms with Gasteiger partial charge in [-0.1, -0.05) is 35.3 Å². The summed E-state index contributed by atoms with van der Waals surface area (Å²) >= 11 is 17.1. The van der Waals surface area contributed by atoms with Crippen LogP contribution in [0.5, 0.6) is 0 Å². The summed E-state index contributed by atoms with van der Waals surface area (Å²) in [7, 11) is 0. The lowest BCUT2D eigenvalue weighted by molar-refractivity contribution is 0.107. The summed E-state index contributed by atoms with van der Waals surface area (Å²) in [4.78, 5) is 11.1. The van der Waals surface area contributed by atoms with Crippen LogP contribution >= 0.6 is 34.8 Å². The molecule has 0 amide bonds. The van der Waals surface area contributed by atoms with E-state index >= 15 is 0 Å². The van der Waals surface area contributed by atoms with Gasteiger partial charge in [-0.05, 0) is 17.7 Å². The van der Waals surface area contributed by atoms with Crippen molar-refractivity contribution in [2.24, 2.45) is 0 Å². The lowest BCUT2D eigenvalue weighted by atomic mass is 10.1. The van der Waals surface area contributed by atoms with Crippen LogP contribution in [0.25, 0.3) is 10.8 Å². The van der Waals surface area contributed by atoms with Gasteiger partial charge in [0.25, 0.3) is 5.24 Å². The Hall–Kier alpha value is -0.900. The Kier molecular flexibility index (Phi) is 2.78. The first-order valence-electron chi connectivity index (χ1n) is 3.91. The van der Waals surface area contributed by atoms with Gasteiger partial charge in [-0.15, -0.1) is 10.2 Å². The molecule has 3 nitrogen and oxygen atoms in total. The van der Waals surface area contributed by atoms with E-state index in [-0.39, 0.29) is 10.8 Å². The molecular weight excluding hydrogens is 258 g/mol. The number of halogens is 3. The van der Waals surface area contributed by atoms with Crippen LogP contribution in [0, 0.1) is 0 Å². The first-order valence-corrected chi connectivity index (χ1v) is 5.05. The number of nitrogens with zero attached hydrogens (tertiary/aromatic N) is 2. The second-order valence-corrected chi connectivity index (χ2v) is 3.88. The molecule has 0 saturated carbocycles. The Morgan fingerprint density at radius 3 is 2.60 bits per heavy atom.